The number of fused-ring (bicyclic) bond motifs is 3. The summed E-state index contributed by atoms with van der Waals surface area (Å²) >= 11 is 0. The van der Waals surface area contributed by atoms with Gasteiger partial charge in [-0.05, 0) is 85.7 Å². The summed E-state index contributed by atoms with van der Waals surface area (Å²) in [5.74, 6) is 2.31. The summed E-state index contributed by atoms with van der Waals surface area (Å²) in [5, 5.41) is 6.97. The van der Waals surface area contributed by atoms with E-state index in [1.54, 1.807) is 0 Å². The van der Waals surface area contributed by atoms with Crippen LogP contribution < -0.4 is 4.74 Å². The van der Waals surface area contributed by atoms with Gasteiger partial charge >= 0.3 is 0 Å². The molecule has 0 aliphatic carbocycles. The SMILES string of the molecule is [2H]c1ccc2c(c1)c1ccc(Oc3cccc(-n4nc(C)c(-c5ccccc5)c4C)c3)cc1n2-c1cc(CCC(C)(C)C)ccn1. The zero-order valence-corrected chi connectivity index (χ0v) is 26.5. The summed E-state index contributed by atoms with van der Waals surface area (Å²) in [6.45, 7) is 11.0. The Hall–Kier alpha value is -5.16. The van der Waals surface area contributed by atoms with Gasteiger partial charge in [0, 0.05) is 40.4 Å². The van der Waals surface area contributed by atoms with E-state index in [1.807, 2.05) is 59.4 Å². The summed E-state index contributed by atoms with van der Waals surface area (Å²) in [5.41, 5.74) is 8.83. The summed E-state index contributed by atoms with van der Waals surface area (Å²) in [6.07, 6.45) is 3.98. The average molecular weight is 592 g/mol. The van der Waals surface area contributed by atoms with Crippen LogP contribution in [0.3, 0.4) is 0 Å². The number of aryl methyl sites for hydroxylation is 2. The molecule has 5 nitrogen and oxygen atoms in total. The molecular weight excluding hydrogens is 552 g/mol. The minimum Gasteiger partial charge on any atom is -0.457 e. The first kappa shape index (κ1) is 27.4. The van der Waals surface area contributed by atoms with E-state index in [0.717, 1.165) is 80.2 Å². The van der Waals surface area contributed by atoms with Crippen LogP contribution in [0.2, 0.25) is 0 Å². The first-order chi connectivity index (χ1) is 22.1. The maximum absolute atomic E-state index is 8.32. The molecule has 0 amide bonds. The molecule has 0 saturated carbocycles. The molecule has 0 fully saturated rings. The number of aromatic nitrogens is 4. The molecule has 224 valence electrons. The third-order valence-corrected chi connectivity index (χ3v) is 8.44. The zero-order chi connectivity index (χ0) is 32.0. The van der Waals surface area contributed by atoms with Crippen LogP contribution in [0.1, 0.15) is 45.5 Å². The van der Waals surface area contributed by atoms with E-state index in [9.17, 15) is 0 Å². The third-order valence-electron chi connectivity index (χ3n) is 8.44. The molecule has 0 atom stereocenters. The lowest BCUT2D eigenvalue weighted by Gasteiger charge is -2.18. The molecule has 0 saturated heterocycles. The normalized spacial score (nSPS) is 12.2. The van der Waals surface area contributed by atoms with Gasteiger partial charge in [-0.1, -0.05) is 75.3 Å². The highest BCUT2D eigenvalue weighted by Crippen LogP contribution is 2.36. The zero-order valence-electron chi connectivity index (χ0n) is 27.5. The maximum atomic E-state index is 8.32. The topological polar surface area (TPSA) is 44.9 Å². The minimum atomic E-state index is 0.253. The molecule has 0 aliphatic heterocycles. The van der Waals surface area contributed by atoms with E-state index in [1.165, 1.54) is 5.56 Å². The van der Waals surface area contributed by atoms with Crippen molar-refractivity contribution >= 4 is 21.8 Å². The molecule has 3 heterocycles. The lowest BCUT2D eigenvalue weighted by Crippen LogP contribution is -2.07. The van der Waals surface area contributed by atoms with Gasteiger partial charge in [0.05, 0.1) is 23.8 Å². The molecule has 0 radical (unpaired) electrons. The predicted octanol–water partition coefficient (Wildman–Crippen LogP) is 10.4. The van der Waals surface area contributed by atoms with Gasteiger partial charge in [0.25, 0.3) is 0 Å². The second kappa shape index (κ2) is 11.4. The first-order valence-corrected chi connectivity index (χ1v) is 15.5. The Kier molecular flexibility index (Phi) is 6.94. The molecule has 0 spiro atoms. The van der Waals surface area contributed by atoms with Crippen molar-refractivity contribution in [1.82, 2.24) is 19.3 Å². The molecule has 45 heavy (non-hydrogen) atoms. The van der Waals surface area contributed by atoms with E-state index >= 15 is 0 Å². The number of ether oxygens (including phenoxy) is 1. The van der Waals surface area contributed by atoms with E-state index in [0.29, 0.717) is 6.04 Å². The molecule has 0 bridgehead atoms. The van der Waals surface area contributed by atoms with Crippen LogP contribution in [0.25, 0.3) is 44.4 Å². The van der Waals surface area contributed by atoms with Crippen LogP contribution in [0, 0.1) is 19.3 Å². The largest absolute Gasteiger partial charge is 0.457 e. The van der Waals surface area contributed by atoms with E-state index < -0.39 is 0 Å². The Bertz CT molecular complexity index is 2210. The molecule has 0 unspecified atom stereocenters. The quantitative estimate of drug-likeness (QED) is 0.185. The van der Waals surface area contributed by atoms with Crippen LogP contribution in [0.4, 0.5) is 0 Å². The Morgan fingerprint density at radius 3 is 2.40 bits per heavy atom. The van der Waals surface area contributed by atoms with E-state index in [4.69, 9.17) is 16.2 Å². The summed E-state index contributed by atoms with van der Waals surface area (Å²) in [7, 11) is 0. The van der Waals surface area contributed by atoms with Gasteiger partial charge in [-0.3, -0.25) is 4.57 Å². The smallest absolute Gasteiger partial charge is 0.137 e. The van der Waals surface area contributed by atoms with Crippen molar-refractivity contribution in [3.05, 3.63) is 132 Å². The monoisotopic (exact) mass is 591 g/mol. The Labute approximate surface area is 266 Å². The number of rotatable bonds is 7. The fourth-order valence-electron chi connectivity index (χ4n) is 6.19. The number of hydrogen-bond donors (Lipinski definition) is 0. The highest BCUT2D eigenvalue weighted by Gasteiger charge is 2.17. The molecule has 3 aromatic heterocycles. The third kappa shape index (κ3) is 5.62. The lowest BCUT2D eigenvalue weighted by atomic mass is 9.89. The highest BCUT2D eigenvalue weighted by molar-refractivity contribution is 6.09. The van der Waals surface area contributed by atoms with Crippen LogP contribution >= 0.6 is 0 Å². The second-order valence-electron chi connectivity index (χ2n) is 13.0. The van der Waals surface area contributed by atoms with Crippen molar-refractivity contribution in [3.63, 3.8) is 0 Å². The number of hydrogen-bond acceptors (Lipinski definition) is 3. The van der Waals surface area contributed by atoms with E-state index in [2.05, 4.69) is 93.8 Å². The van der Waals surface area contributed by atoms with Crippen LogP contribution in [0.15, 0.2) is 115 Å². The van der Waals surface area contributed by atoms with Crippen LogP contribution in [-0.4, -0.2) is 19.3 Å². The molecule has 4 aromatic carbocycles. The Morgan fingerprint density at radius 1 is 0.778 bits per heavy atom. The number of pyridine rings is 1. The average Bonchev–Trinajstić information content (AvgIpc) is 3.52. The summed E-state index contributed by atoms with van der Waals surface area (Å²) in [6, 6.07) is 35.2. The van der Waals surface area contributed by atoms with Crippen LogP contribution in [0.5, 0.6) is 11.5 Å². The van der Waals surface area contributed by atoms with Gasteiger partial charge in [0.1, 0.15) is 17.3 Å². The van der Waals surface area contributed by atoms with Gasteiger partial charge in [0.15, 0.2) is 0 Å². The van der Waals surface area contributed by atoms with Crippen molar-refractivity contribution < 1.29 is 6.11 Å². The van der Waals surface area contributed by atoms with Gasteiger partial charge in [-0.25, -0.2) is 9.67 Å². The standard InChI is InChI=1S/C40H38N4O/c1-27-39(30-12-7-6-8-13-30)28(2)44(42-27)31-14-11-15-32(25-31)45-33-18-19-35-34-16-9-10-17-36(34)43(37(35)26-33)38-24-29(21-23-41-38)20-22-40(3,4)5/h6-19,21,23-26H,20,22H2,1-5H3/i9D. The number of para-hydroxylation sites is 1. The molecule has 7 rings (SSSR count). The molecular formula is C40H38N4O. The van der Waals surface area contributed by atoms with Gasteiger partial charge in [-0.15, -0.1) is 0 Å². The molecule has 0 N–H and O–H groups in total. The lowest BCUT2D eigenvalue weighted by molar-refractivity contribution is 0.378. The fourth-order valence-corrected chi connectivity index (χ4v) is 6.19. The van der Waals surface area contributed by atoms with Crippen molar-refractivity contribution in [3.8, 4) is 34.1 Å². The Balaban J connectivity index is 1.27. The highest BCUT2D eigenvalue weighted by atomic mass is 16.5. The molecule has 0 aliphatic rings. The van der Waals surface area contributed by atoms with Crippen molar-refractivity contribution in [1.29, 1.82) is 0 Å². The van der Waals surface area contributed by atoms with E-state index in [-0.39, 0.29) is 5.41 Å². The van der Waals surface area contributed by atoms with Crippen molar-refractivity contribution in [2.75, 3.05) is 0 Å². The molecule has 5 heteroatoms. The van der Waals surface area contributed by atoms with Gasteiger partial charge < -0.3 is 4.74 Å². The van der Waals surface area contributed by atoms with Crippen molar-refractivity contribution in [2.24, 2.45) is 5.41 Å². The minimum absolute atomic E-state index is 0.253. The Morgan fingerprint density at radius 2 is 1.58 bits per heavy atom. The van der Waals surface area contributed by atoms with Crippen molar-refractivity contribution in [2.45, 2.75) is 47.5 Å². The first-order valence-electron chi connectivity index (χ1n) is 16.0. The molecule has 7 aromatic rings. The van der Waals surface area contributed by atoms with Gasteiger partial charge in [0.2, 0.25) is 0 Å². The van der Waals surface area contributed by atoms with Crippen LogP contribution in [-0.2, 0) is 6.42 Å². The number of nitrogens with zero attached hydrogens (tertiary/aromatic N) is 4. The maximum Gasteiger partial charge on any atom is 0.137 e. The van der Waals surface area contributed by atoms with Gasteiger partial charge in [-0.2, -0.15) is 5.10 Å². The predicted molar refractivity (Wildman–Crippen MR) is 185 cm³/mol. The summed E-state index contributed by atoms with van der Waals surface area (Å²) in [4.78, 5) is 4.81. The number of benzene rings is 4. The summed E-state index contributed by atoms with van der Waals surface area (Å²) < 4.78 is 19.0. The second-order valence-corrected chi connectivity index (χ2v) is 13.0. The fraction of sp³-hybridized carbons (Fsp3) is 0.200.